The Bertz CT molecular complexity index is 704. The third-order valence-electron chi connectivity index (χ3n) is 3.30. The molecule has 1 aromatic heterocycles. The minimum Gasteiger partial charge on any atom is -0.338 e. The van der Waals surface area contributed by atoms with E-state index in [0.717, 1.165) is 11.8 Å². The first-order valence-electron chi connectivity index (χ1n) is 7.14. The Hall–Kier alpha value is -2.30. The number of carbonyl (C=O) groups is 1. The Morgan fingerprint density at radius 3 is 2.76 bits per heavy atom. The summed E-state index contributed by atoms with van der Waals surface area (Å²) in [4.78, 5) is 26.2. The minimum absolute atomic E-state index is 0.110. The number of nitrogens with one attached hydrogen (secondary N) is 3. The van der Waals surface area contributed by atoms with Gasteiger partial charge in [-0.05, 0) is 42.8 Å². The van der Waals surface area contributed by atoms with Crippen LogP contribution in [0.4, 0.5) is 10.5 Å². The van der Waals surface area contributed by atoms with Crippen molar-refractivity contribution < 1.29 is 4.79 Å². The number of urea groups is 1. The van der Waals surface area contributed by atoms with Crippen molar-refractivity contribution in [1.82, 2.24) is 10.3 Å². The number of pyridine rings is 1. The molecule has 0 radical (unpaired) electrons. The van der Waals surface area contributed by atoms with Gasteiger partial charge in [-0.15, -0.1) is 0 Å². The Labute approximate surface area is 123 Å². The van der Waals surface area contributed by atoms with E-state index < -0.39 is 0 Å². The average molecular weight is 287 g/mol. The van der Waals surface area contributed by atoms with E-state index in [4.69, 9.17) is 0 Å². The molecule has 112 valence electrons. The van der Waals surface area contributed by atoms with Crippen molar-refractivity contribution in [2.45, 2.75) is 27.2 Å². The zero-order valence-corrected chi connectivity index (χ0v) is 12.6. The highest BCUT2D eigenvalue weighted by Gasteiger charge is 2.04. The Balaban J connectivity index is 2.07. The number of hydrogen-bond donors (Lipinski definition) is 3. The summed E-state index contributed by atoms with van der Waals surface area (Å²) in [6.07, 6.45) is 0.942. The average Bonchev–Trinajstić information content (AvgIpc) is 2.40. The van der Waals surface area contributed by atoms with E-state index in [0.29, 0.717) is 29.2 Å². The van der Waals surface area contributed by atoms with Crippen LogP contribution in [-0.4, -0.2) is 17.6 Å². The van der Waals surface area contributed by atoms with Crippen LogP contribution in [0, 0.1) is 12.8 Å². The fourth-order valence-corrected chi connectivity index (χ4v) is 2.04. The summed E-state index contributed by atoms with van der Waals surface area (Å²) in [6, 6.07) is 7.06. The first-order valence-corrected chi connectivity index (χ1v) is 7.14. The van der Waals surface area contributed by atoms with Crippen LogP contribution >= 0.6 is 0 Å². The molecule has 1 aromatic carbocycles. The van der Waals surface area contributed by atoms with E-state index in [2.05, 4.69) is 29.5 Å². The van der Waals surface area contributed by atoms with E-state index in [1.165, 1.54) is 0 Å². The molecule has 5 heteroatoms. The van der Waals surface area contributed by atoms with E-state index in [1.54, 1.807) is 13.0 Å². The zero-order chi connectivity index (χ0) is 15.4. The zero-order valence-electron chi connectivity index (χ0n) is 12.6. The third kappa shape index (κ3) is 4.08. The van der Waals surface area contributed by atoms with Gasteiger partial charge in [-0.3, -0.25) is 4.79 Å². The predicted octanol–water partition coefficient (Wildman–Crippen LogP) is 3.00. The molecule has 21 heavy (non-hydrogen) atoms. The summed E-state index contributed by atoms with van der Waals surface area (Å²) in [6.45, 7) is 6.64. The van der Waals surface area contributed by atoms with Crippen LogP contribution in [0.1, 0.15) is 25.8 Å². The fourth-order valence-electron chi connectivity index (χ4n) is 2.04. The number of aromatic nitrogens is 1. The number of fused-ring (bicyclic) bond motifs is 1. The van der Waals surface area contributed by atoms with Crippen LogP contribution in [0.25, 0.3) is 10.9 Å². The molecule has 3 N–H and O–H groups in total. The van der Waals surface area contributed by atoms with E-state index in [1.807, 2.05) is 18.2 Å². The van der Waals surface area contributed by atoms with Crippen LogP contribution in [0.15, 0.2) is 29.1 Å². The number of amides is 2. The molecule has 2 amide bonds. The van der Waals surface area contributed by atoms with Crippen molar-refractivity contribution in [1.29, 1.82) is 0 Å². The predicted molar refractivity (Wildman–Crippen MR) is 85.8 cm³/mol. The van der Waals surface area contributed by atoms with Gasteiger partial charge in [0.1, 0.15) is 0 Å². The number of aromatic amines is 1. The molecule has 0 aliphatic heterocycles. The number of anilines is 1. The van der Waals surface area contributed by atoms with Crippen LogP contribution in [0.3, 0.4) is 0 Å². The molecule has 1 heterocycles. The van der Waals surface area contributed by atoms with Gasteiger partial charge in [-0.2, -0.15) is 0 Å². The molecule has 0 atom stereocenters. The maximum Gasteiger partial charge on any atom is 0.319 e. The summed E-state index contributed by atoms with van der Waals surface area (Å²) in [5.74, 6) is 0.555. The van der Waals surface area contributed by atoms with Crippen LogP contribution in [0.2, 0.25) is 0 Å². The van der Waals surface area contributed by atoms with Gasteiger partial charge in [0, 0.05) is 17.8 Å². The quantitative estimate of drug-likeness (QED) is 0.808. The molecular weight excluding hydrogens is 266 g/mol. The van der Waals surface area contributed by atoms with Gasteiger partial charge < -0.3 is 15.6 Å². The first-order chi connectivity index (χ1) is 9.95. The topological polar surface area (TPSA) is 74.0 Å². The van der Waals surface area contributed by atoms with Crippen molar-refractivity contribution in [3.05, 3.63) is 40.2 Å². The lowest BCUT2D eigenvalue weighted by Gasteiger charge is -2.09. The lowest BCUT2D eigenvalue weighted by Crippen LogP contribution is -2.30. The number of benzene rings is 1. The van der Waals surface area contributed by atoms with Crippen molar-refractivity contribution >= 4 is 22.6 Å². The molecular formula is C16H21N3O2. The van der Waals surface area contributed by atoms with Crippen molar-refractivity contribution in [3.8, 4) is 0 Å². The maximum absolute atomic E-state index is 11.8. The Morgan fingerprint density at radius 2 is 2.05 bits per heavy atom. The molecule has 0 unspecified atom stereocenters. The molecule has 0 aliphatic rings. The number of H-pyrrole nitrogens is 1. The second-order valence-electron chi connectivity index (χ2n) is 5.65. The highest BCUT2D eigenvalue weighted by molar-refractivity contribution is 5.92. The van der Waals surface area contributed by atoms with Gasteiger partial charge in [-0.25, -0.2) is 4.79 Å². The van der Waals surface area contributed by atoms with Crippen LogP contribution in [0.5, 0.6) is 0 Å². The lowest BCUT2D eigenvalue weighted by molar-refractivity contribution is 0.251. The molecule has 0 fully saturated rings. The summed E-state index contributed by atoms with van der Waals surface area (Å²) < 4.78 is 0. The van der Waals surface area contributed by atoms with Crippen LogP contribution in [-0.2, 0) is 0 Å². The molecule has 0 saturated heterocycles. The van der Waals surface area contributed by atoms with Gasteiger partial charge in [0.15, 0.2) is 0 Å². The second-order valence-corrected chi connectivity index (χ2v) is 5.65. The van der Waals surface area contributed by atoms with Gasteiger partial charge >= 0.3 is 6.03 Å². The molecule has 0 bridgehead atoms. The lowest BCUT2D eigenvalue weighted by atomic mass is 10.1. The summed E-state index contributed by atoms with van der Waals surface area (Å²) in [5.41, 5.74) is 1.94. The molecule has 2 aromatic rings. The van der Waals surface area contributed by atoms with Crippen molar-refractivity contribution in [3.63, 3.8) is 0 Å². The molecule has 2 rings (SSSR count). The Kier molecular flexibility index (Phi) is 4.62. The van der Waals surface area contributed by atoms with E-state index in [-0.39, 0.29) is 11.6 Å². The van der Waals surface area contributed by atoms with Crippen molar-refractivity contribution in [2.24, 2.45) is 5.92 Å². The van der Waals surface area contributed by atoms with Gasteiger partial charge in [-0.1, -0.05) is 19.9 Å². The first kappa shape index (κ1) is 15.1. The van der Waals surface area contributed by atoms with Crippen LogP contribution < -0.4 is 16.2 Å². The third-order valence-corrected chi connectivity index (χ3v) is 3.30. The van der Waals surface area contributed by atoms with E-state index in [9.17, 15) is 9.59 Å². The van der Waals surface area contributed by atoms with Gasteiger partial charge in [0.2, 0.25) is 0 Å². The number of carbonyl (C=O) groups excluding carboxylic acids is 1. The SMILES string of the molecule is Cc1cc2ccc(NC(=O)NCCC(C)C)cc2[nH]c1=O. The molecule has 0 spiro atoms. The molecule has 5 nitrogen and oxygen atoms in total. The standard InChI is InChI=1S/C16H21N3O2/c1-10(2)6-7-17-16(21)18-13-5-4-12-8-11(3)15(20)19-14(12)9-13/h4-5,8-10H,6-7H2,1-3H3,(H,19,20)(H2,17,18,21). The summed E-state index contributed by atoms with van der Waals surface area (Å²) in [7, 11) is 0. The number of aryl methyl sites for hydroxylation is 1. The number of rotatable bonds is 4. The second kappa shape index (κ2) is 6.43. The highest BCUT2D eigenvalue weighted by Crippen LogP contribution is 2.16. The smallest absolute Gasteiger partial charge is 0.319 e. The monoisotopic (exact) mass is 287 g/mol. The highest BCUT2D eigenvalue weighted by atomic mass is 16.2. The fraction of sp³-hybridized carbons (Fsp3) is 0.375. The Morgan fingerprint density at radius 1 is 1.29 bits per heavy atom. The van der Waals surface area contributed by atoms with Crippen molar-refractivity contribution in [2.75, 3.05) is 11.9 Å². The van der Waals surface area contributed by atoms with E-state index >= 15 is 0 Å². The molecule has 0 saturated carbocycles. The largest absolute Gasteiger partial charge is 0.338 e. The molecule has 0 aliphatic carbocycles. The van der Waals surface area contributed by atoms with Gasteiger partial charge in [0.05, 0.1) is 5.52 Å². The summed E-state index contributed by atoms with van der Waals surface area (Å²) in [5, 5.41) is 6.52. The van der Waals surface area contributed by atoms with Gasteiger partial charge in [0.25, 0.3) is 5.56 Å². The normalized spacial score (nSPS) is 10.9. The minimum atomic E-state index is -0.232. The maximum atomic E-state index is 11.8. The number of hydrogen-bond acceptors (Lipinski definition) is 2. The summed E-state index contributed by atoms with van der Waals surface area (Å²) >= 11 is 0.